The Labute approximate surface area is 128 Å². The molecule has 1 aromatic rings. The smallest absolute Gasteiger partial charge is 0.314 e. The van der Waals surface area contributed by atoms with Gasteiger partial charge in [-0.1, -0.05) is 11.6 Å². The topological polar surface area (TPSA) is 67.9 Å². The molecule has 2 rings (SSSR count). The van der Waals surface area contributed by atoms with E-state index >= 15 is 0 Å². The van der Waals surface area contributed by atoms with Crippen LogP contribution < -0.4 is 14.8 Å². The quantitative estimate of drug-likeness (QED) is 0.866. The third kappa shape index (κ3) is 3.39. The Kier molecular flexibility index (Phi) is 4.90. The van der Waals surface area contributed by atoms with Crippen LogP contribution in [0.25, 0.3) is 0 Å². The summed E-state index contributed by atoms with van der Waals surface area (Å²) in [6, 6.07) is 3.05. The first-order valence-corrected chi connectivity index (χ1v) is 6.96. The largest absolute Gasteiger partial charge is 0.495 e. The molecule has 0 atom stereocenters. The minimum absolute atomic E-state index is 0.344. The number of halogens is 1. The molecule has 1 heterocycles. The molecular formula is C14H17ClN2O4. The number of amides is 2. The van der Waals surface area contributed by atoms with Crippen LogP contribution in [0, 0.1) is 0 Å². The highest BCUT2D eigenvalue weighted by molar-refractivity contribution is 6.40. The summed E-state index contributed by atoms with van der Waals surface area (Å²) in [7, 11) is 2.92. The molecule has 0 spiro atoms. The first kappa shape index (κ1) is 15.4. The van der Waals surface area contributed by atoms with Crippen LogP contribution in [0.1, 0.15) is 12.8 Å². The summed E-state index contributed by atoms with van der Waals surface area (Å²) >= 11 is 5.99. The number of carbonyl (C=O) groups excluding carboxylic acids is 2. The molecule has 0 radical (unpaired) electrons. The van der Waals surface area contributed by atoms with E-state index < -0.39 is 11.8 Å². The third-order valence-electron chi connectivity index (χ3n) is 3.31. The summed E-state index contributed by atoms with van der Waals surface area (Å²) in [5, 5.41) is 2.91. The van der Waals surface area contributed by atoms with E-state index in [0.29, 0.717) is 35.3 Å². The van der Waals surface area contributed by atoms with E-state index in [1.54, 1.807) is 0 Å². The number of rotatable bonds is 3. The zero-order valence-electron chi connectivity index (χ0n) is 11.9. The predicted octanol–water partition coefficient (Wildman–Crippen LogP) is 1.92. The molecule has 0 aromatic heterocycles. The molecule has 6 nitrogen and oxygen atoms in total. The van der Waals surface area contributed by atoms with Crippen molar-refractivity contribution in [1.82, 2.24) is 4.90 Å². The van der Waals surface area contributed by atoms with Crippen LogP contribution in [0.2, 0.25) is 5.02 Å². The van der Waals surface area contributed by atoms with E-state index in [1.807, 2.05) is 0 Å². The molecule has 0 saturated carbocycles. The molecule has 114 valence electrons. The molecule has 1 aromatic carbocycles. The van der Waals surface area contributed by atoms with Gasteiger partial charge in [-0.2, -0.15) is 0 Å². The zero-order chi connectivity index (χ0) is 15.4. The van der Waals surface area contributed by atoms with Crippen molar-refractivity contribution >= 4 is 29.1 Å². The number of ether oxygens (including phenoxy) is 2. The molecule has 1 fully saturated rings. The van der Waals surface area contributed by atoms with Crippen molar-refractivity contribution in [2.45, 2.75) is 12.8 Å². The molecule has 1 N–H and O–H groups in total. The van der Waals surface area contributed by atoms with Crippen molar-refractivity contribution in [1.29, 1.82) is 0 Å². The van der Waals surface area contributed by atoms with E-state index in [2.05, 4.69) is 5.32 Å². The van der Waals surface area contributed by atoms with Crippen molar-refractivity contribution in [3.05, 3.63) is 17.2 Å². The van der Waals surface area contributed by atoms with E-state index in [4.69, 9.17) is 21.1 Å². The number of nitrogens with zero attached hydrogens (tertiary/aromatic N) is 1. The molecule has 0 unspecified atom stereocenters. The average molecular weight is 313 g/mol. The van der Waals surface area contributed by atoms with Crippen molar-refractivity contribution < 1.29 is 19.1 Å². The number of nitrogens with one attached hydrogen (secondary N) is 1. The minimum atomic E-state index is -0.695. The summed E-state index contributed by atoms with van der Waals surface area (Å²) in [5.74, 6) is -0.479. The van der Waals surface area contributed by atoms with Crippen LogP contribution in [0.4, 0.5) is 5.69 Å². The molecule has 0 aliphatic carbocycles. The maximum Gasteiger partial charge on any atom is 0.314 e. The molecule has 1 saturated heterocycles. The van der Waals surface area contributed by atoms with Crippen molar-refractivity contribution in [2.75, 3.05) is 32.6 Å². The van der Waals surface area contributed by atoms with Gasteiger partial charge in [-0.25, -0.2) is 0 Å². The van der Waals surface area contributed by atoms with Crippen molar-refractivity contribution in [2.24, 2.45) is 0 Å². The molecular weight excluding hydrogens is 296 g/mol. The van der Waals surface area contributed by atoms with Gasteiger partial charge in [-0.3, -0.25) is 9.59 Å². The summed E-state index contributed by atoms with van der Waals surface area (Å²) in [6.45, 7) is 1.24. The van der Waals surface area contributed by atoms with Gasteiger partial charge in [0.25, 0.3) is 0 Å². The van der Waals surface area contributed by atoms with Gasteiger partial charge in [0.1, 0.15) is 11.5 Å². The van der Waals surface area contributed by atoms with Gasteiger partial charge in [0.15, 0.2) is 0 Å². The lowest BCUT2D eigenvalue weighted by Crippen LogP contribution is -2.37. The highest BCUT2D eigenvalue weighted by atomic mass is 35.5. The highest BCUT2D eigenvalue weighted by Crippen LogP contribution is 2.35. The molecule has 1 aliphatic heterocycles. The Hall–Kier alpha value is -1.95. The predicted molar refractivity (Wildman–Crippen MR) is 79.0 cm³/mol. The fraction of sp³-hybridized carbons (Fsp3) is 0.429. The maximum absolute atomic E-state index is 12.0. The number of methoxy groups -OCH3 is 2. The zero-order valence-corrected chi connectivity index (χ0v) is 12.7. The maximum atomic E-state index is 12.0. The molecule has 7 heteroatoms. The van der Waals surface area contributed by atoms with Crippen LogP contribution in [0.5, 0.6) is 11.5 Å². The van der Waals surface area contributed by atoms with E-state index in [0.717, 1.165) is 12.8 Å². The van der Waals surface area contributed by atoms with E-state index in [9.17, 15) is 9.59 Å². The average Bonchev–Trinajstić information content (AvgIpc) is 3.01. The highest BCUT2D eigenvalue weighted by Gasteiger charge is 2.25. The van der Waals surface area contributed by atoms with Crippen LogP contribution in [0.3, 0.4) is 0 Å². The fourth-order valence-electron chi connectivity index (χ4n) is 2.20. The molecule has 2 amide bonds. The lowest BCUT2D eigenvalue weighted by molar-refractivity contribution is -0.142. The summed E-state index contributed by atoms with van der Waals surface area (Å²) < 4.78 is 10.2. The van der Waals surface area contributed by atoms with Crippen LogP contribution in [-0.2, 0) is 9.59 Å². The van der Waals surface area contributed by atoms with Gasteiger partial charge in [0, 0.05) is 25.2 Å². The lowest BCUT2D eigenvalue weighted by Gasteiger charge is -2.16. The molecule has 21 heavy (non-hydrogen) atoms. The minimum Gasteiger partial charge on any atom is -0.495 e. The van der Waals surface area contributed by atoms with E-state index in [-0.39, 0.29) is 0 Å². The Bertz CT molecular complexity index is 556. The van der Waals surface area contributed by atoms with Gasteiger partial charge in [-0.05, 0) is 12.8 Å². The SMILES string of the molecule is COc1cc(NC(=O)C(=O)N2CCCC2)c(OC)cc1Cl. The number of hydrogen-bond donors (Lipinski definition) is 1. The number of carbonyl (C=O) groups is 2. The van der Waals surface area contributed by atoms with Gasteiger partial charge < -0.3 is 19.7 Å². The van der Waals surface area contributed by atoms with Gasteiger partial charge >= 0.3 is 11.8 Å². The standard InChI is InChI=1S/C14H17ClN2O4/c1-20-11-8-10(12(21-2)7-9(11)15)16-13(18)14(19)17-5-3-4-6-17/h7-8H,3-6H2,1-2H3,(H,16,18). The summed E-state index contributed by atoms with van der Waals surface area (Å²) in [5.41, 5.74) is 0.344. The molecule has 1 aliphatic rings. The third-order valence-corrected chi connectivity index (χ3v) is 3.61. The fourth-order valence-corrected chi connectivity index (χ4v) is 2.43. The number of likely N-dealkylation sites (tertiary alicyclic amines) is 1. The van der Waals surface area contributed by atoms with Crippen LogP contribution in [0.15, 0.2) is 12.1 Å². The molecule has 0 bridgehead atoms. The number of anilines is 1. The lowest BCUT2D eigenvalue weighted by atomic mass is 10.2. The first-order chi connectivity index (χ1) is 10.1. The monoisotopic (exact) mass is 312 g/mol. The van der Waals surface area contributed by atoms with Gasteiger partial charge in [-0.15, -0.1) is 0 Å². The first-order valence-electron chi connectivity index (χ1n) is 6.58. The van der Waals surface area contributed by atoms with Crippen molar-refractivity contribution in [3.63, 3.8) is 0 Å². The number of hydrogen-bond acceptors (Lipinski definition) is 4. The summed E-state index contributed by atoms with van der Waals surface area (Å²) in [6.07, 6.45) is 1.86. The van der Waals surface area contributed by atoms with E-state index in [1.165, 1.54) is 31.3 Å². The Morgan fingerprint density at radius 2 is 1.76 bits per heavy atom. The van der Waals surface area contributed by atoms with Crippen LogP contribution in [-0.4, -0.2) is 44.0 Å². The Morgan fingerprint density at radius 1 is 1.14 bits per heavy atom. The van der Waals surface area contributed by atoms with Crippen LogP contribution >= 0.6 is 11.6 Å². The number of benzene rings is 1. The van der Waals surface area contributed by atoms with Crippen molar-refractivity contribution in [3.8, 4) is 11.5 Å². The Balaban J connectivity index is 2.17. The Morgan fingerprint density at radius 3 is 2.33 bits per heavy atom. The normalized spacial score (nSPS) is 14.0. The summed E-state index contributed by atoms with van der Waals surface area (Å²) in [4.78, 5) is 25.5. The second-order valence-electron chi connectivity index (χ2n) is 4.64. The second kappa shape index (κ2) is 6.67. The second-order valence-corrected chi connectivity index (χ2v) is 5.05. The van der Waals surface area contributed by atoms with Gasteiger partial charge in [0.2, 0.25) is 0 Å². The van der Waals surface area contributed by atoms with Gasteiger partial charge in [0.05, 0.1) is 24.9 Å².